The molecule has 3 rings (SSSR count). The number of sulfonamides is 1. The molecule has 134 valence electrons. The summed E-state index contributed by atoms with van der Waals surface area (Å²) >= 11 is 1.24. The molecule has 0 spiro atoms. The standard InChI is InChI=1S/C17H16N4O3S2/c22-17(13-7-3-1-4-8-13)18-11-15-20-21-16(25-15)12-19-26(23,24)14-9-5-2-6-10-14/h1-10,19H,11-12H2,(H,18,22). The Morgan fingerprint density at radius 2 is 1.46 bits per heavy atom. The highest BCUT2D eigenvalue weighted by atomic mass is 32.2. The van der Waals surface area contributed by atoms with Crippen molar-refractivity contribution in [1.82, 2.24) is 20.2 Å². The molecule has 0 unspecified atom stereocenters. The third-order valence-corrected chi connectivity index (χ3v) is 5.75. The normalized spacial score (nSPS) is 11.2. The van der Waals surface area contributed by atoms with Crippen LogP contribution in [-0.2, 0) is 23.1 Å². The lowest BCUT2D eigenvalue weighted by Crippen LogP contribution is -2.23. The largest absolute Gasteiger partial charge is 0.345 e. The van der Waals surface area contributed by atoms with Crippen molar-refractivity contribution in [2.24, 2.45) is 0 Å². The quantitative estimate of drug-likeness (QED) is 0.644. The van der Waals surface area contributed by atoms with E-state index < -0.39 is 10.0 Å². The zero-order valence-electron chi connectivity index (χ0n) is 13.6. The van der Waals surface area contributed by atoms with Gasteiger partial charge in [0.25, 0.3) is 5.91 Å². The molecular formula is C17H16N4O3S2. The van der Waals surface area contributed by atoms with Gasteiger partial charge in [0.2, 0.25) is 10.0 Å². The summed E-state index contributed by atoms with van der Waals surface area (Å²) in [6.45, 7) is 0.276. The zero-order chi connectivity index (χ0) is 18.4. The van der Waals surface area contributed by atoms with Gasteiger partial charge in [0, 0.05) is 5.56 Å². The summed E-state index contributed by atoms with van der Waals surface area (Å²) in [5, 5.41) is 11.8. The van der Waals surface area contributed by atoms with Gasteiger partial charge < -0.3 is 5.32 Å². The lowest BCUT2D eigenvalue weighted by molar-refractivity contribution is 0.0951. The smallest absolute Gasteiger partial charge is 0.251 e. The molecule has 1 heterocycles. The minimum absolute atomic E-state index is 0.0432. The SMILES string of the molecule is O=C(NCc1nnc(CNS(=O)(=O)c2ccccc2)s1)c1ccccc1. The molecule has 0 atom stereocenters. The minimum atomic E-state index is -3.59. The first-order chi connectivity index (χ1) is 12.5. The van der Waals surface area contributed by atoms with Crippen LogP contribution in [0.5, 0.6) is 0 Å². The average Bonchev–Trinajstić information content (AvgIpc) is 3.14. The highest BCUT2D eigenvalue weighted by Gasteiger charge is 2.14. The Labute approximate surface area is 155 Å². The van der Waals surface area contributed by atoms with E-state index >= 15 is 0 Å². The Bertz CT molecular complexity index is 974. The monoisotopic (exact) mass is 388 g/mol. The van der Waals surface area contributed by atoms with Gasteiger partial charge in [0.05, 0.1) is 18.0 Å². The molecule has 0 aliphatic heterocycles. The first-order valence-corrected chi connectivity index (χ1v) is 10.0. The van der Waals surface area contributed by atoms with E-state index in [4.69, 9.17) is 0 Å². The number of hydrogen-bond donors (Lipinski definition) is 2. The molecule has 1 aromatic heterocycles. The van der Waals surface area contributed by atoms with Crippen molar-refractivity contribution >= 4 is 27.3 Å². The van der Waals surface area contributed by atoms with Crippen molar-refractivity contribution in [2.75, 3.05) is 0 Å². The van der Waals surface area contributed by atoms with E-state index in [1.807, 2.05) is 6.07 Å². The molecule has 0 radical (unpaired) electrons. The third-order valence-electron chi connectivity index (χ3n) is 3.41. The lowest BCUT2D eigenvalue weighted by Gasteiger charge is -2.04. The lowest BCUT2D eigenvalue weighted by atomic mass is 10.2. The number of benzene rings is 2. The molecule has 2 N–H and O–H groups in total. The molecule has 26 heavy (non-hydrogen) atoms. The fourth-order valence-electron chi connectivity index (χ4n) is 2.12. The van der Waals surface area contributed by atoms with Crippen LogP contribution in [0.15, 0.2) is 65.6 Å². The zero-order valence-corrected chi connectivity index (χ0v) is 15.3. The molecular weight excluding hydrogens is 372 g/mol. The summed E-state index contributed by atoms with van der Waals surface area (Å²) in [5.74, 6) is -0.202. The Balaban J connectivity index is 1.54. The van der Waals surface area contributed by atoms with Gasteiger partial charge in [-0.15, -0.1) is 10.2 Å². The van der Waals surface area contributed by atoms with Gasteiger partial charge in [-0.2, -0.15) is 0 Å². The maximum absolute atomic E-state index is 12.2. The average molecular weight is 388 g/mol. The molecule has 1 amide bonds. The fraction of sp³-hybridized carbons (Fsp3) is 0.118. The maximum atomic E-state index is 12.2. The molecule has 7 nitrogen and oxygen atoms in total. The summed E-state index contributed by atoms with van der Waals surface area (Å²) in [6, 6.07) is 17.0. The van der Waals surface area contributed by atoms with Gasteiger partial charge in [-0.25, -0.2) is 13.1 Å². The second-order valence-corrected chi connectivity index (χ2v) is 8.19. The number of hydrogen-bond acceptors (Lipinski definition) is 6. The Kier molecular flexibility index (Phi) is 5.71. The minimum Gasteiger partial charge on any atom is -0.345 e. The molecule has 0 saturated carbocycles. The van der Waals surface area contributed by atoms with Crippen LogP contribution in [0.3, 0.4) is 0 Å². The molecule has 3 aromatic rings. The van der Waals surface area contributed by atoms with E-state index in [0.717, 1.165) is 0 Å². The predicted molar refractivity (Wildman–Crippen MR) is 98.0 cm³/mol. The molecule has 0 saturated heterocycles. The van der Waals surface area contributed by atoms with Gasteiger partial charge in [0.1, 0.15) is 10.0 Å². The predicted octanol–water partition coefficient (Wildman–Crippen LogP) is 1.95. The van der Waals surface area contributed by atoms with E-state index in [1.165, 1.54) is 23.5 Å². The van der Waals surface area contributed by atoms with Crippen LogP contribution >= 0.6 is 11.3 Å². The van der Waals surface area contributed by atoms with E-state index in [9.17, 15) is 13.2 Å². The molecule has 9 heteroatoms. The van der Waals surface area contributed by atoms with Crippen LogP contribution in [0.4, 0.5) is 0 Å². The number of rotatable bonds is 7. The van der Waals surface area contributed by atoms with Crippen LogP contribution < -0.4 is 10.0 Å². The van der Waals surface area contributed by atoms with Crippen LogP contribution in [0.1, 0.15) is 20.4 Å². The summed E-state index contributed by atoms with van der Waals surface area (Å²) in [6.07, 6.45) is 0. The van der Waals surface area contributed by atoms with E-state index in [2.05, 4.69) is 20.2 Å². The Morgan fingerprint density at radius 3 is 2.12 bits per heavy atom. The van der Waals surface area contributed by atoms with Gasteiger partial charge in [-0.3, -0.25) is 4.79 Å². The van der Waals surface area contributed by atoms with Crippen LogP contribution in [0, 0.1) is 0 Å². The van der Waals surface area contributed by atoms with Crippen molar-refractivity contribution < 1.29 is 13.2 Å². The van der Waals surface area contributed by atoms with Gasteiger partial charge in [-0.1, -0.05) is 47.7 Å². The third kappa shape index (κ3) is 4.72. The van der Waals surface area contributed by atoms with Crippen molar-refractivity contribution in [1.29, 1.82) is 0 Å². The van der Waals surface area contributed by atoms with E-state index in [1.54, 1.807) is 42.5 Å². The number of amides is 1. The van der Waals surface area contributed by atoms with Crippen molar-refractivity contribution in [2.45, 2.75) is 18.0 Å². The van der Waals surface area contributed by atoms with Crippen LogP contribution in [0.2, 0.25) is 0 Å². The van der Waals surface area contributed by atoms with Gasteiger partial charge in [-0.05, 0) is 24.3 Å². The van der Waals surface area contributed by atoms with Gasteiger partial charge in [0.15, 0.2) is 0 Å². The number of carbonyl (C=O) groups is 1. The number of carbonyl (C=O) groups excluding carboxylic acids is 1. The topological polar surface area (TPSA) is 101 Å². The molecule has 0 bridgehead atoms. The number of nitrogens with zero attached hydrogens (tertiary/aromatic N) is 2. The summed E-state index contributed by atoms with van der Waals surface area (Å²) in [5.41, 5.74) is 0.563. The summed E-state index contributed by atoms with van der Waals surface area (Å²) in [4.78, 5) is 12.2. The second-order valence-electron chi connectivity index (χ2n) is 5.28. The van der Waals surface area contributed by atoms with Crippen LogP contribution in [0.25, 0.3) is 0 Å². The maximum Gasteiger partial charge on any atom is 0.251 e. The highest BCUT2D eigenvalue weighted by Crippen LogP contribution is 2.12. The van der Waals surface area contributed by atoms with Gasteiger partial charge >= 0.3 is 0 Å². The first kappa shape index (κ1) is 18.2. The summed E-state index contributed by atoms with van der Waals surface area (Å²) < 4.78 is 26.8. The Hall–Kier alpha value is -2.62. The van der Waals surface area contributed by atoms with Crippen molar-refractivity contribution in [3.63, 3.8) is 0 Å². The Morgan fingerprint density at radius 1 is 0.885 bits per heavy atom. The first-order valence-electron chi connectivity index (χ1n) is 7.74. The fourth-order valence-corrected chi connectivity index (χ4v) is 3.94. The van der Waals surface area contributed by atoms with Crippen molar-refractivity contribution in [3.05, 3.63) is 76.2 Å². The molecule has 0 fully saturated rings. The molecule has 2 aromatic carbocycles. The van der Waals surface area contributed by atoms with E-state index in [0.29, 0.717) is 15.6 Å². The molecule has 0 aliphatic rings. The highest BCUT2D eigenvalue weighted by molar-refractivity contribution is 7.89. The number of nitrogens with one attached hydrogen (secondary N) is 2. The van der Waals surface area contributed by atoms with Crippen molar-refractivity contribution in [3.8, 4) is 0 Å². The number of aromatic nitrogens is 2. The van der Waals surface area contributed by atoms with E-state index in [-0.39, 0.29) is 23.9 Å². The summed E-state index contributed by atoms with van der Waals surface area (Å²) in [7, 11) is -3.59. The second kappa shape index (κ2) is 8.17. The molecule has 0 aliphatic carbocycles. The van der Waals surface area contributed by atoms with Crippen LogP contribution in [-0.4, -0.2) is 24.5 Å².